The number of nitrogens with one attached hydrogen (secondary N) is 2. The van der Waals surface area contributed by atoms with Crippen molar-refractivity contribution in [2.75, 3.05) is 18.4 Å². The second kappa shape index (κ2) is 11.5. The quantitative estimate of drug-likeness (QED) is 0.486. The number of sulfonamides is 1. The van der Waals surface area contributed by atoms with Crippen LogP contribution in [0.1, 0.15) is 64.7 Å². The number of unbranched alkanes of at least 4 members (excludes halogenated alkanes) is 3. The van der Waals surface area contributed by atoms with E-state index in [0.717, 1.165) is 51.4 Å². The summed E-state index contributed by atoms with van der Waals surface area (Å²) in [4.78, 5) is 12.2. The maximum absolute atomic E-state index is 12.8. The van der Waals surface area contributed by atoms with Crippen LogP contribution < -0.4 is 10.6 Å². The monoisotopic (exact) mass is 425 g/mol. The van der Waals surface area contributed by atoms with Crippen LogP contribution in [0.25, 0.3) is 0 Å². The zero-order valence-electron chi connectivity index (χ0n) is 16.6. The molecule has 6 nitrogen and oxygen atoms in total. The third-order valence-electron chi connectivity index (χ3n) is 4.83. The van der Waals surface area contributed by atoms with E-state index in [0.29, 0.717) is 25.2 Å². The molecule has 156 valence electrons. The van der Waals surface area contributed by atoms with Crippen molar-refractivity contribution in [2.45, 2.75) is 69.6 Å². The van der Waals surface area contributed by atoms with E-state index in [-0.39, 0.29) is 15.9 Å². The summed E-state index contributed by atoms with van der Waals surface area (Å²) in [6.07, 6.45) is 8.58. The molecule has 1 amide bonds. The van der Waals surface area contributed by atoms with Gasteiger partial charge in [0.05, 0.1) is 4.90 Å². The van der Waals surface area contributed by atoms with Crippen LogP contribution in [0.3, 0.4) is 0 Å². The van der Waals surface area contributed by atoms with Gasteiger partial charge in [0.1, 0.15) is 0 Å². The highest BCUT2D eigenvalue weighted by atomic mass is 32.2. The molecule has 1 aliphatic rings. The van der Waals surface area contributed by atoms with Gasteiger partial charge < -0.3 is 10.6 Å². The first-order chi connectivity index (χ1) is 13.4. The highest BCUT2D eigenvalue weighted by molar-refractivity contribution is 7.89. The minimum atomic E-state index is -3.46. The molecule has 0 unspecified atom stereocenters. The minimum Gasteiger partial charge on any atom is -0.332 e. The third-order valence-corrected chi connectivity index (χ3v) is 6.94. The summed E-state index contributed by atoms with van der Waals surface area (Å²) < 4.78 is 27.2. The maximum atomic E-state index is 12.8. The Hall–Kier alpha value is -1.51. The van der Waals surface area contributed by atoms with Crippen molar-refractivity contribution in [1.29, 1.82) is 0 Å². The number of hydrogen-bond donors (Lipinski definition) is 2. The average Bonchev–Trinajstić information content (AvgIpc) is 2.95. The van der Waals surface area contributed by atoms with Crippen LogP contribution in [0.15, 0.2) is 29.2 Å². The normalized spacial score (nSPS) is 15.6. The standard InChI is InChI=1S/C20H31N3O3S2/c1-2-3-4-7-10-19(24)22-20(27)21-17-11-13-18(14-12-17)28(25,26)23-15-8-5-6-9-16-23/h11-14H,2-10,15-16H2,1H3,(H2,21,22,24,27). The van der Waals surface area contributed by atoms with Gasteiger partial charge in [0.15, 0.2) is 5.11 Å². The number of thiocarbonyl (C=S) groups is 1. The maximum Gasteiger partial charge on any atom is 0.243 e. The summed E-state index contributed by atoms with van der Waals surface area (Å²) in [5.74, 6) is -0.103. The molecule has 0 atom stereocenters. The number of carbonyl (C=O) groups excluding carboxylic acids is 1. The second-order valence-electron chi connectivity index (χ2n) is 7.16. The number of anilines is 1. The Bertz CT molecular complexity index is 740. The summed E-state index contributed by atoms with van der Waals surface area (Å²) in [5.41, 5.74) is 0.645. The molecule has 1 aromatic rings. The molecule has 0 aromatic heterocycles. The molecule has 1 aromatic carbocycles. The SMILES string of the molecule is CCCCCCC(=O)NC(=S)Nc1ccc(S(=O)(=O)N2CCCCCC2)cc1. The van der Waals surface area contributed by atoms with E-state index in [2.05, 4.69) is 17.6 Å². The lowest BCUT2D eigenvalue weighted by molar-refractivity contribution is -0.119. The van der Waals surface area contributed by atoms with Crippen LogP contribution in [0.4, 0.5) is 5.69 Å². The van der Waals surface area contributed by atoms with E-state index in [9.17, 15) is 13.2 Å². The van der Waals surface area contributed by atoms with E-state index in [1.807, 2.05) is 0 Å². The number of hydrogen-bond acceptors (Lipinski definition) is 4. The van der Waals surface area contributed by atoms with Gasteiger partial charge in [-0.1, -0.05) is 39.0 Å². The van der Waals surface area contributed by atoms with Crippen LogP contribution in [0.2, 0.25) is 0 Å². The molecule has 1 heterocycles. The fourth-order valence-electron chi connectivity index (χ4n) is 3.21. The molecule has 2 N–H and O–H groups in total. The van der Waals surface area contributed by atoms with Crippen molar-refractivity contribution < 1.29 is 13.2 Å². The van der Waals surface area contributed by atoms with Crippen molar-refractivity contribution >= 4 is 38.9 Å². The van der Waals surface area contributed by atoms with Crippen LogP contribution >= 0.6 is 12.2 Å². The van der Waals surface area contributed by atoms with Crippen molar-refractivity contribution in [1.82, 2.24) is 9.62 Å². The average molecular weight is 426 g/mol. The summed E-state index contributed by atoms with van der Waals surface area (Å²) >= 11 is 5.17. The lowest BCUT2D eigenvalue weighted by Crippen LogP contribution is -2.34. The predicted octanol–water partition coefficient (Wildman–Crippen LogP) is 4.03. The Morgan fingerprint density at radius 2 is 1.68 bits per heavy atom. The molecule has 1 saturated heterocycles. The molecule has 0 spiro atoms. The summed E-state index contributed by atoms with van der Waals surface area (Å²) in [6, 6.07) is 6.50. The lowest BCUT2D eigenvalue weighted by atomic mass is 10.1. The van der Waals surface area contributed by atoms with Gasteiger partial charge in [-0.3, -0.25) is 4.79 Å². The smallest absolute Gasteiger partial charge is 0.243 e. The van der Waals surface area contributed by atoms with Gasteiger partial charge in [-0.15, -0.1) is 0 Å². The molecule has 28 heavy (non-hydrogen) atoms. The zero-order valence-corrected chi connectivity index (χ0v) is 18.2. The number of carbonyl (C=O) groups is 1. The predicted molar refractivity (Wildman–Crippen MR) is 117 cm³/mol. The Balaban J connectivity index is 1.87. The largest absolute Gasteiger partial charge is 0.332 e. The van der Waals surface area contributed by atoms with Gasteiger partial charge in [0, 0.05) is 25.2 Å². The molecule has 0 bridgehead atoms. The Kier molecular flexibility index (Phi) is 9.34. The fraction of sp³-hybridized carbons (Fsp3) is 0.600. The molecular formula is C20H31N3O3S2. The van der Waals surface area contributed by atoms with Gasteiger partial charge in [-0.05, 0) is 55.7 Å². The number of benzene rings is 1. The van der Waals surface area contributed by atoms with Crippen LogP contribution in [0.5, 0.6) is 0 Å². The second-order valence-corrected chi connectivity index (χ2v) is 9.50. The van der Waals surface area contributed by atoms with E-state index in [1.54, 1.807) is 28.6 Å². The third kappa shape index (κ3) is 7.14. The van der Waals surface area contributed by atoms with Gasteiger partial charge in [0.2, 0.25) is 15.9 Å². The Labute approximate surface area is 174 Å². The van der Waals surface area contributed by atoms with E-state index in [4.69, 9.17) is 12.2 Å². The molecule has 0 aliphatic carbocycles. The number of amides is 1. The topological polar surface area (TPSA) is 78.5 Å². The summed E-state index contributed by atoms with van der Waals surface area (Å²) in [6.45, 7) is 3.29. The van der Waals surface area contributed by atoms with Crippen LogP contribution in [-0.4, -0.2) is 36.8 Å². The molecular weight excluding hydrogens is 394 g/mol. The van der Waals surface area contributed by atoms with Gasteiger partial charge in [0.25, 0.3) is 0 Å². The van der Waals surface area contributed by atoms with E-state index >= 15 is 0 Å². The molecule has 1 aliphatic heterocycles. The molecule has 8 heteroatoms. The first kappa shape index (κ1) is 22.8. The van der Waals surface area contributed by atoms with Gasteiger partial charge >= 0.3 is 0 Å². The molecule has 0 radical (unpaired) electrons. The van der Waals surface area contributed by atoms with Crippen LogP contribution in [0, 0.1) is 0 Å². The summed E-state index contributed by atoms with van der Waals surface area (Å²) in [5, 5.41) is 5.82. The molecule has 0 saturated carbocycles. The van der Waals surface area contributed by atoms with E-state index < -0.39 is 10.0 Å². The Morgan fingerprint density at radius 3 is 2.29 bits per heavy atom. The Morgan fingerprint density at radius 1 is 1.04 bits per heavy atom. The van der Waals surface area contributed by atoms with Gasteiger partial charge in [-0.25, -0.2) is 8.42 Å². The fourth-order valence-corrected chi connectivity index (χ4v) is 4.95. The van der Waals surface area contributed by atoms with Gasteiger partial charge in [-0.2, -0.15) is 4.31 Å². The zero-order chi connectivity index (χ0) is 20.4. The molecule has 1 fully saturated rings. The van der Waals surface area contributed by atoms with Crippen molar-refractivity contribution in [3.05, 3.63) is 24.3 Å². The molecule has 2 rings (SSSR count). The highest BCUT2D eigenvalue weighted by Gasteiger charge is 2.24. The van der Waals surface area contributed by atoms with Crippen LogP contribution in [-0.2, 0) is 14.8 Å². The van der Waals surface area contributed by atoms with Crippen molar-refractivity contribution in [3.8, 4) is 0 Å². The van der Waals surface area contributed by atoms with Crippen molar-refractivity contribution in [3.63, 3.8) is 0 Å². The minimum absolute atomic E-state index is 0.103. The summed E-state index contributed by atoms with van der Waals surface area (Å²) in [7, 11) is -3.46. The van der Waals surface area contributed by atoms with Crippen molar-refractivity contribution in [2.24, 2.45) is 0 Å². The first-order valence-electron chi connectivity index (χ1n) is 10.1. The first-order valence-corrected chi connectivity index (χ1v) is 12.0. The highest BCUT2D eigenvalue weighted by Crippen LogP contribution is 2.21. The lowest BCUT2D eigenvalue weighted by Gasteiger charge is -2.20. The van der Waals surface area contributed by atoms with E-state index in [1.165, 1.54) is 0 Å². The number of nitrogens with zero attached hydrogens (tertiary/aromatic N) is 1. The number of rotatable bonds is 8.